The maximum atomic E-state index is 12.5. The molecule has 0 heterocycles. The van der Waals surface area contributed by atoms with Gasteiger partial charge >= 0.3 is 0 Å². The molecule has 2 aromatic carbocycles. The van der Waals surface area contributed by atoms with Crippen LogP contribution >= 0.6 is 15.9 Å². The van der Waals surface area contributed by atoms with Crippen LogP contribution in [0.1, 0.15) is 24.2 Å². The predicted molar refractivity (Wildman–Crippen MR) is 118 cm³/mol. The predicted octanol–water partition coefficient (Wildman–Crippen LogP) is 2.76. The van der Waals surface area contributed by atoms with Crippen molar-refractivity contribution < 1.29 is 22.7 Å². The second-order valence-electron chi connectivity index (χ2n) is 6.67. The second-order valence-corrected chi connectivity index (χ2v) is 9.32. The van der Waals surface area contributed by atoms with Crippen LogP contribution in [0.25, 0.3) is 0 Å². The molecule has 3 N–H and O–H groups in total. The minimum Gasteiger partial charge on any atom is -0.495 e. The van der Waals surface area contributed by atoms with Crippen molar-refractivity contribution in [1.29, 1.82) is 0 Å². The summed E-state index contributed by atoms with van der Waals surface area (Å²) in [5.41, 5.74) is 0.995. The lowest BCUT2D eigenvalue weighted by atomic mass is 10.1. The van der Waals surface area contributed by atoms with Gasteiger partial charge in [-0.25, -0.2) is 13.1 Å². The third-order valence-corrected chi connectivity index (χ3v) is 6.03. The lowest BCUT2D eigenvalue weighted by Crippen LogP contribution is -2.34. The molecule has 0 fully saturated rings. The van der Waals surface area contributed by atoms with Gasteiger partial charge in [-0.05, 0) is 42.5 Å². The summed E-state index contributed by atoms with van der Waals surface area (Å²) < 4.78 is 33.1. The highest BCUT2D eigenvalue weighted by Gasteiger charge is 2.19. The number of nitrogens with one attached hydrogen (secondary N) is 3. The van der Waals surface area contributed by atoms with Gasteiger partial charge in [0.1, 0.15) is 10.6 Å². The van der Waals surface area contributed by atoms with Crippen LogP contribution in [0, 0.1) is 5.92 Å². The normalized spacial score (nSPS) is 11.2. The minimum atomic E-state index is -3.81. The number of carbonyl (C=O) groups excluding carboxylic acids is 2. The van der Waals surface area contributed by atoms with Crippen LogP contribution in [0.2, 0.25) is 0 Å². The van der Waals surface area contributed by atoms with Crippen LogP contribution in [-0.2, 0) is 14.8 Å². The highest BCUT2D eigenvalue weighted by atomic mass is 79.9. The van der Waals surface area contributed by atoms with Crippen LogP contribution in [0.5, 0.6) is 5.75 Å². The van der Waals surface area contributed by atoms with Crippen LogP contribution in [-0.4, -0.2) is 40.4 Å². The number of carbonyl (C=O) groups is 2. The van der Waals surface area contributed by atoms with Gasteiger partial charge in [0.15, 0.2) is 0 Å². The minimum absolute atomic E-state index is 0.00438. The Hall–Kier alpha value is -2.43. The Morgan fingerprint density at radius 1 is 1.07 bits per heavy atom. The van der Waals surface area contributed by atoms with Crippen molar-refractivity contribution in [1.82, 2.24) is 10.0 Å². The molecule has 0 saturated carbocycles. The van der Waals surface area contributed by atoms with Crippen LogP contribution in [0.3, 0.4) is 0 Å². The molecule has 0 saturated heterocycles. The summed E-state index contributed by atoms with van der Waals surface area (Å²) in [4.78, 5) is 23.9. The Labute approximate surface area is 184 Å². The summed E-state index contributed by atoms with van der Waals surface area (Å²) in [6, 6.07) is 11.1. The van der Waals surface area contributed by atoms with E-state index in [4.69, 9.17) is 4.74 Å². The van der Waals surface area contributed by atoms with Crippen molar-refractivity contribution in [2.45, 2.75) is 18.7 Å². The first-order chi connectivity index (χ1) is 14.1. The van der Waals surface area contributed by atoms with Gasteiger partial charge in [-0.15, -0.1) is 0 Å². The number of amides is 2. The molecule has 0 aliphatic carbocycles. The lowest BCUT2D eigenvalue weighted by molar-refractivity contribution is -0.118. The van der Waals surface area contributed by atoms with Crippen LogP contribution < -0.4 is 20.1 Å². The third-order valence-electron chi connectivity index (χ3n) is 4.06. The van der Waals surface area contributed by atoms with Crippen molar-refractivity contribution >= 4 is 43.5 Å². The number of ether oxygens (including phenoxy) is 1. The van der Waals surface area contributed by atoms with Crippen LogP contribution in [0.15, 0.2) is 51.8 Å². The molecule has 2 rings (SSSR count). The van der Waals surface area contributed by atoms with Gasteiger partial charge < -0.3 is 15.4 Å². The standard InChI is InChI=1S/C20H24BrN3O5S/c1-13(2)19(25)24-16-7-4-14(5-8-16)20(26)22-10-11-23-30(27,28)18-12-15(21)6-9-17(18)29-3/h4-9,12-13,23H,10-11H2,1-3H3,(H,22,26)(H,24,25). The zero-order valence-electron chi connectivity index (χ0n) is 16.9. The molecule has 0 bridgehead atoms. The highest BCUT2D eigenvalue weighted by Crippen LogP contribution is 2.26. The number of rotatable bonds is 9. The molecule has 2 amide bonds. The van der Waals surface area contributed by atoms with Crippen LogP contribution in [0.4, 0.5) is 5.69 Å². The van der Waals surface area contributed by atoms with Crippen molar-refractivity contribution in [2.75, 3.05) is 25.5 Å². The Morgan fingerprint density at radius 3 is 2.33 bits per heavy atom. The molecule has 8 nitrogen and oxygen atoms in total. The van der Waals surface area contributed by atoms with Gasteiger partial charge in [-0.3, -0.25) is 9.59 Å². The first-order valence-electron chi connectivity index (χ1n) is 9.16. The van der Waals surface area contributed by atoms with E-state index in [1.807, 2.05) is 0 Å². The molecule has 0 aliphatic rings. The van der Waals surface area contributed by atoms with E-state index in [0.29, 0.717) is 15.7 Å². The maximum Gasteiger partial charge on any atom is 0.251 e. The molecule has 0 aromatic heterocycles. The van der Waals surface area contributed by atoms with E-state index in [1.54, 1.807) is 50.2 Å². The third kappa shape index (κ3) is 6.54. The largest absolute Gasteiger partial charge is 0.495 e. The zero-order chi connectivity index (χ0) is 22.3. The number of hydrogen-bond acceptors (Lipinski definition) is 5. The Kier molecular flexibility index (Phi) is 8.39. The smallest absolute Gasteiger partial charge is 0.251 e. The van der Waals surface area contributed by atoms with Gasteiger partial charge in [0, 0.05) is 34.7 Å². The average Bonchev–Trinajstić information content (AvgIpc) is 2.71. The van der Waals surface area contributed by atoms with Crippen molar-refractivity contribution in [2.24, 2.45) is 5.92 Å². The number of methoxy groups -OCH3 is 1. The fourth-order valence-electron chi connectivity index (χ4n) is 2.39. The summed E-state index contributed by atoms with van der Waals surface area (Å²) in [7, 11) is -2.42. The molecule has 162 valence electrons. The molecular weight excluding hydrogens is 474 g/mol. The number of halogens is 1. The molecule has 0 radical (unpaired) electrons. The van der Waals surface area contributed by atoms with E-state index >= 15 is 0 Å². The Balaban J connectivity index is 1.89. The van der Waals surface area contributed by atoms with Gasteiger partial charge in [-0.1, -0.05) is 29.8 Å². The van der Waals surface area contributed by atoms with Gasteiger partial charge in [0.05, 0.1) is 7.11 Å². The molecule has 0 unspecified atom stereocenters. The molecule has 2 aromatic rings. The summed E-state index contributed by atoms with van der Waals surface area (Å²) in [5.74, 6) is -0.384. The zero-order valence-corrected chi connectivity index (χ0v) is 19.3. The molecule has 0 atom stereocenters. The highest BCUT2D eigenvalue weighted by molar-refractivity contribution is 9.10. The van der Waals surface area contributed by atoms with E-state index < -0.39 is 10.0 Å². The van der Waals surface area contributed by atoms with Gasteiger partial charge in [-0.2, -0.15) is 0 Å². The molecule has 10 heteroatoms. The average molecular weight is 498 g/mol. The van der Waals surface area contributed by atoms with Crippen molar-refractivity contribution in [3.8, 4) is 5.75 Å². The van der Waals surface area contributed by atoms with Gasteiger partial charge in [0.2, 0.25) is 15.9 Å². The molecular formula is C20H24BrN3O5S. The van der Waals surface area contributed by atoms with Gasteiger partial charge in [0.25, 0.3) is 5.91 Å². The lowest BCUT2D eigenvalue weighted by Gasteiger charge is -2.12. The maximum absolute atomic E-state index is 12.5. The number of sulfonamides is 1. The number of anilines is 1. The number of hydrogen-bond donors (Lipinski definition) is 3. The number of benzene rings is 2. The molecule has 0 aliphatic heterocycles. The Bertz CT molecular complexity index is 1010. The summed E-state index contributed by atoms with van der Waals surface area (Å²) in [6.07, 6.45) is 0. The van der Waals surface area contributed by atoms with E-state index in [2.05, 4.69) is 31.3 Å². The summed E-state index contributed by atoms with van der Waals surface area (Å²) >= 11 is 3.24. The van der Waals surface area contributed by atoms with E-state index in [9.17, 15) is 18.0 Å². The van der Waals surface area contributed by atoms with E-state index in [0.717, 1.165) is 0 Å². The molecule has 0 spiro atoms. The first kappa shape index (κ1) is 23.8. The fourth-order valence-corrected chi connectivity index (χ4v) is 4.13. The van der Waals surface area contributed by atoms with E-state index in [1.165, 1.54) is 13.2 Å². The summed E-state index contributed by atoms with van der Waals surface area (Å²) in [5, 5.41) is 5.39. The SMILES string of the molecule is COc1ccc(Br)cc1S(=O)(=O)NCCNC(=O)c1ccc(NC(=O)C(C)C)cc1. The summed E-state index contributed by atoms with van der Waals surface area (Å²) in [6.45, 7) is 3.68. The quantitative estimate of drug-likeness (QED) is 0.461. The first-order valence-corrected chi connectivity index (χ1v) is 11.4. The Morgan fingerprint density at radius 2 is 1.73 bits per heavy atom. The van der Waals surface area contributed by atoms with Crippen molar-refractivity contribution in [3.05, 3.63) is 52.5 Å². The molecule has 30 heavy (non-hydrogen) atoms. The topological polar surface area (TPSA) is 114 Å². The van der Waals surface area contributed by atoms with E-state index in [-0.39, 0.29) is 41.5 Å². The fraction of sp³-hybridized carbons (Fsp3) is 0.300. The second kappa shape index (κ2) is 10.6. The monoisotopic (exact) mass is 497 g/mol. The van der Waals surface area contributed by atoms with Crippen molar-refractivity contribution in [3.63, 3.8) is 0 Å².